The summed E-state index contributed by atoms with van der Waals surface area (Å²) in [6.07, 6.45) is 5.10. The van der Waals surface area contributed by atoms with Gasteiger partial charge in [-0.2, -0.15) is 0 Å². The lowest BCUT2D eigenvalue weighted by Crippen LogP contribution is -2.65. The first kappa shape index (κ1) is 19.5. The van der Waals surface area contributed by atoms with E-state index in [4.69, 9.17) is 4.74 Å². The van der Waals surface area contributed by atoms with Crippen molar-refractivity contribution in [2.75, 3.05) is 34.3 Å². The van der Waals surface area contributed by atoms with Crippen LogP contribution in [0.2, 0.25) is 0 Å². The maximum Gasteiger partial charge on any atom is 0.243 e. The van der Waals surface area contributed by atoms with Gasteiger partial charge in [-0.25, -0.2) is 4.99 Å². The van der Waals surface area contributed by atoms with Crippen molar-refractivity contribution in [3.8, 4) is 0 Å². The Bertz CT molecular complexity index is 430. The Morgan fingerprint density at radius 2 is 2.09 bits per heavy atom. The summed E-state index contributed by atoms with van der Waals surface area (Å²) in [4.78, 5) is 17.7. The third-order valence-corrected chi connectivity index (χ3v) is 4.98. The van der Waals surface area contributed by atoms with Crippen molar-refractivity contribution in [2.45, 2.75) is 45.3 Å². The summed E-state index contributed by atoms with van der Waals surface area (Å²) in [7, 11) is 5.24. The lowest BCUT2D eigenvalue weighted by atomic mass is 9.58. The Hall–Kier alpha value is -1.56. The molecule has 1 rings (SSSR count). The minimum absolute atomic E-state index is 0.0228. The molecule has 0 spiro atoms. The predicted octanol–water partition coefficient (Wildman–Crippen LogP) is 1.39. The van der Waals surface area contributed by atoms with Gasteiger partial charge in [-0.05, 0) is 19.3 Å². The molecule has 2 N–H and O–H groups in total. The molecule has 0 aliphatic heterocycles. The Balaban J connectivity index is 2.78. The quantitative estimate of drug-likeness (QED) is 0.402. The Kier molecular flexibility index (Phi) is 7.55. The van der Waals surface area contributed by atoms with Crippen LogP contribution in [0, 0.1) is 5.41 Å². The lowest BCUT2D eigenvalue weighted by molar-refractivity contribution is -0.127. The maximum atomic E-state index is 11.8. The lowest BCUT2D eigenvalue weighted by Gasteiger charge is -2.55. The van der Waals surface area contributed by atoms with E-state index in [0.717, 1.165) is 19.3 Å². The van der Waals surface area contributed by atoms with Crippen LogP contribution in [0.25, 0.3) is 0 Å². The molecule has 1 aliphatic rings. The molecule has 0 saturated heterocycles. The number of hydrogen-bond acceptors (Lipinski definition) is 3. The molecule has 0 aromatic carbocycles. The summed E-state index contributed by atoms with van der Waals surface area (Å²) >= 11 is 0. The average Bonchev–Trinajstić information content (AvgIpc) is 2.53. The highest BCUT2D eigenvalue weighted by Gasteiger charge is 2.53. The van der Waals surface area contributed by atoms with E-state index in [0.29, 0.717) is 18.5 Å². The first-order valence-electron chi connectivity index (χ1n) is 8.33. The maximum absolute atomic E-state index is 11.8. The second kappa shape index (κ2) is 8.91. The summed E-state index contributed by atoms with van der Waals surface area (Å²) in [6.45, 7) is 8.85. The van der Waals surface area contributed by atoms with E-state index in [-0.39, 0.29) is 24.0 Å². The van der Waals surface area contributed by atoms with E-state index in [1.807, 2.05) is 0 Å². The average molecular weight is 324 g/mol. The topological polar surface area (TPSA) is 66.0 Å². The van der Waals surface area contributed by atoms with E-state index in [2.05, 4.69) is 36.1 Å². The number of rotatable bonds is 8. The van der Waals surface area contributed by atoms with Crippen molar-refractivity contribution in [2.24, 2.45) is 10.4 Å². The summed E-state index contributed by atoms with van der Waals surface area (Å²) in [5.74, 6) is 0.635. The zero-order valence-electron chi connectivity index (χ0n) is 15.2. The van der Waals surface area contributed by atoms with Gasteiger partial charge in [0.15, 0.2) is 5.96 Å². The first-order valence-corrected chi connectivity index (χ1v) is 8.33. The van der Waals surface area contributed by atoms with Gasteiger partial charge in [-0.15, -0.1) is 6.58 Å². The normalized spacial score (nSPS) is 22.9. The molecule has 1 amide bonds. The highest BCUT2D eigenvalue weighted by molar-refractivity contribution is 5.85. The summed E-state index contributed by atoms with van der Waals surface area (Å²) < 4.78 is 5.63. The number of ether oxygens (including phenoxy) is 1. The molecule has 2 unspecified atom stereocenters. The molecule has 132 valence electrons. The number of likely N-dealkylation sites (N-methyl/N-ethyl adjacent to an activating group) is 1. The number of guanidine groups is 1. The van der Waals surface area contributed by atoms with E-state index in [9.17, 15) is 4.79 Å². The molecule has 6 nitrogen and oxygen atoms in total. The van der Waals surface area contributed by atoms with Gasteiger partial charge < -0.3 is 20.3 Å². The molecule has 1 saturated carbocycles. The summed E-state index contributed by atoms with van der Waals surface area (Å²) in [5, 5.41) is 6.67. The summed E-state index contributed by atoms with van der Waals surface area (Å²) in [5.41, 5.74) is 0.122. The van der Waals surface area contributed by atoms with Crippen LogP contribution in [0.1, 0.15) is 33.1 Å². The zero-order chi connectivity index (χ0) is 17.5. The molecule has 2 atom stereocenters. The van der Waals surface area contributed by atoms with Gasteiger partial charge in [0, 0.05) is 39.2 Å². The fourth-order valence-electron chi connectivity index (χ4n) is 3.25. The second-order valence-electron chi connectivity index (χ2n) is 6.22. The largest absolute Gasteiger partial charge is 0.381 e. The predicted molar refractivity (Wildman–Crippen MR) is 94.5 cm³/mol. The molecule has 0 aromatic rings. The molecule has 0 heterocycles. The monoisotopic (exact) mass is 324 g/mol. The van der Waals surface area contributed by atoms with Gasteiger partial charge in [0.1, 0.15) is 6.54 Å². The summed E-state index contributed by atoms with van der Waals surface area (Å²) in [6, 6.07) is 0.299. The molecule has 0 radical (unpaired) electrons. The minimum atomic E-state index is -0.0228. The SMILES string of the molecule is C=CCNC(=NCC(=O)N(C)C)NC1CC(OC)C1(CC)CC. The zero-order valence-corrected chi connectivity index (χ0v) is 15.2. The van der Waals surface area contributed by atoms with Gasteiger partial charge in [-0.3, -0.25) is 4.79 Å². The number of methoxy groups -OCH3 is 1. The number of hydrogen-bond donors (Lipinski definition) is 2. The van der Waals surface area contributed by atoms with Crippen molar-refractivity contribution in [1.29, 1.82) is 0 Å². The molecule has 23 heavy (non-hydrogen) atoms. The van der Waals surface area contributed by atoms with Gasteiger partial charge in [-0.1, -0.05) is 19.9 Å². The molecule has 6 heteroatoms. The third kappa shape index (κ3) is 4.47. The fourth-order valence-corrected chi connectivity index (χ4v) is 3.25. The third-order valence-electron chi connectivity index (χ3n) is 4.98. The van der Waals surface area contributed by atoms with E-state index >= 15 is 0 Å². The van der Waals surface area contributed by atoms with Crippen LogP contribution in [0.3, 0.4) is 0 Å². The van der Waals surface area contributed by atoms with Crippen molar-refractivity contribution < 1.29 is 9.53 Å². The van der Waals surface area contributed by atoms with Crippen LogP contribution >= 0.6 is 0 Å². The molecular weight excluding hydrogens is 292 g/mol. The smallest absolute Gasteiger partial charge is 0.243 e. The van der Waals surface area contributed by atoms with Crippen LogP contribution < -0.4 is 10.6 Å². The van der Waals surface area contributed by atoms with Crippen LogP contribution in [-0.4, -0.2) is 63.2 Å². The number of nitrogens with zero attached hydrogens (tertiary/aromatic N) is 2. The van der Waals surface area contributed by atoms with Gasteiger partial charge in [0.25, 0.3) is 0 Å². The van der Waals surface area contributed by atoms with E-state index < -0.39 is 0 Å². The Morgan fingerprint density at radius 3 is 2.57 bits per heavy atom. The highest BCUT2D eigenvalue weighted by atomic mass is 16.5. The number of amides is 1. The molecule has 0 aromatic heterocycles. The minimum Gasteiger partial charge on any atom is -0.381 e. The van der Waals surface area contributed by atoms with Crippen LogP contribution in [0.5, 0.6) is 0 Å². The van der Waals surface area contributed by atoms with E-state index in [1.54, 1.807) is 32.2 Å². The molecule has 1 fully saturated rings. The Morgan fingerprint density at radius 1 is 1.43 bits per heavy atom. The van der Waals surface area contributed by atoms with Crippen molar-refractivity contribution in [1.82, 2.24) is 15.5 Å². The van der Waals surface area contributed by atoms with E-state index in [1.165, 1.54) is 0 Å². The van der Waals surface area contributed by atoms with Gasteiger partial charge in [0.2, 0.25) is 5.91 Å². The van der Waals surface area contributed by atoms with Crippen LogP contribution in [0.4, 0.5) is 0 Å². The Labute approximate surface area is 140 Å². The van der Waals surface area contributed by atoms with Gasteiger partial charge >= 0.3 is 0 Å². The molecule has 1 aliphatic carbocycles. The van der Waals surface area contributed by atoms with Crippen LogP contribution in [-0.2, 0) is 9.53 Å². The number of carbonyl (C=O) groups excluding carboxylic acids is 1. The van der Waals surface area contributed by atoms with Crippen molar-refractivity contribution in [3.63, 3.8) is 0 Å². The standard InChI is InChI=1S/C17H32N4O2/c1-7-10-18-16(19-12-15(22)21(4)5)20-13-11-14(23-6)17(13,8-2)9-3/h7,13-14H,1,8-12H2,2-6H3,(H2,18,19,20). The molecule has 0 bridgehead atoms. The number of aliphatic imine (C=N–C) groups is 1. The number of carbonyl (C=O) groups is 1. The van der Waals surface area contributed by atoms with Crippen molar-refractivity contribution >= 4 is 11.9 Å². The van der Waals surface area contributed by atoms with Crippen LogP contribution in [0.15, 0.2) is 17.6 Å². The fraction of sp³-hybridized carbons (Fsp3) is 0.765. The van der Waals surface area contributed by atoms with Gasteiger partial charge in [0.05, 0.1) is 6.10 Å². The molecular formula is C17H32N4O2. The van der Waals surface area contributed by atoms with Crippen molar-refractivity contribution in [3.05, 3.63) is 12.7 Å². The first-order chi connectivity index (χ1) is 10.9. The number of nitrogens with one attached hydrogen (secondary N) is 2. The highest BCUT2D eigenvalue weighted by Crippen LogP contribution is 2.48. The second-order valence-corrected chi connectivity index (χ2v) is 6.22.